The van der Waals surface area contributed by atoms with Crippen LogP contribution in [0.15, 0.2) is 40.7 Å². The molecule has 2 unspecified atom stereocenters. The van der Waals surface area contributed by atoms with E-state index in [1.165, 1.54) is 9.80 Å². The molecular weight excluding hydrogens is 382 g/mol. The van der Waals surface area contributed by atoms with Gasteiger partial charge in [0, 0.05) is 42.3 Å². The minimum atomic E-state index is -0.608. The van der Waals surface area contributed by atoms with Crippen molar-refractivity contribution in [3.63, 3.8) is 0 Å². The first-order valence-corrected chi connectivity index (χ1v) is 9.54. The zero-order valence-corrected chi connectivity index (χ0v) is 16.7. The van der Waals surface area contributed by atoms with Crippen molar-refractivity contribution < 1.29 is 14.7 Å². The number of amides is 3. The molecule has 148 valence electrons. The highest BCUT2D eigenvalue weighted by Gasteiger charge is 2.55. The van der Waals surface area contributed by atoms with E-state index in [4.69, 9.17) is 21.7 Å². The Labute approximate surface area is 168 Å². The number of guanidine groups is 1. The average molecular weight is 404 g/mol. The number of anilines is 1. The van der Waals surface area contributed by atoms with Gasteiger partial charge in [-0.25, -0.2) is 9.79 Å². The molecule has 0 bridgehead atoms. The van der Waals surface area contributed by atoms with E-state index >= 15 is 0 Å². The molecule has 3 aliphatic rings. The number of rotatable bonds is 4. The molecule has 0 spiro atoms. The van der Waals surface area contributed by atoms with Crippen LogP contribution in [0.1, 0.15) is 20.3 Å². The fourth-order valence-electron chi connectivity index (χ4n) is 3.95. The molecule has 0 aliphatic carbocycles. The lowest BCUT2D eigenvalue weighted by Gasteiger charge is -2.40. The summed E-state index contributed by atoms with van der Waals surface area (Å²) < 4.78 is 0. The summed E-state index contributed by atoms with van der Waals surface area (Å²) in [6.45, 7) is 4.03. The average Bonchev–Trinajstić information content (AvgIpc) is 3.17. The second-order valence-electron chi connectivity index (χ2n) is 7.10. The number of urea groups is 1. The van der Waals surface area contributed by atoms with Gasteiger partial charge in [-0.15, -0.1) is 0 Å². The van der Waals surface area contributed by atoms with Crippen molar-refractivity contribution in [1.29, 1.82) is 0 Å². The third-order valence-corrected chi connectivity index (χ3v) is 5.77. The van der Waals surface area contributed by atoms with Crippen LogP contribution in [0.25, 0.3) is 0 Å². The van der Waals surface area contributed by atoms with Gasteiger partial charge in [0.1, 0.15) is 0 Å². The predicted molar refractivity (Wildman–Crippen MR) is 106 cm³/mol. The number of likely N-dealkylation sites (N-methyl/N-ethyl adjacent to an activating group) is 1. The molecule has 9 heteroatoms. The maximum Gasteiger partial charge on any atom is 0.328 e. The van der Waals surface area contributed by atoms with Crippen LogP contribution in [-0.4, -0.2) is 70.1 Å². The summed E-state index contributed by atoms with van der Waals surface area (Å²) >= 11 is 6.02. The van der Waals surface area contributed by atoms with E-state index in [2.05, 4.69) is 0 Å². The normalized spacial score (nSPS) is 24.2. The van der Waals surface area contributed by atoms with Crippen molar-refractivity contribution in [3.8, 4) is 0 Å². The fourth-order valence-corrected chi connectivity index (χ4v) is 4.07. The van der Waals surface area contributed by atoms with Gasteiger partial charge < -0.3 is 10.0 Å². The van der Waals surface area contributed by atoms with Gasteiger partial charge in [0.2, 0.25) is 5.96 Å². The van der Waals surface area contributed by atoms with Crippen LogP contribution in [-0.2, 0) is 4.79 Å². The molecule has 3 amide bonds. The maximum absolute atomic E-state index is 13.2. The minimum Gasteiger partial charge on any atom is -0.396 e. The van der Waals surface area contributed by atoms with Gasteiger partial charge >= 0.3 is 6.03 Å². The summed E-state index contributed by atoms with van der Waals surface area (Å²) in [5, 5.41) is 9.75. The number of hydrogen-bond donors (Lipinski definition) is 1. The number of imide groups is 1. The van der Waals surface area contributed by atoms with Gasteiger partial charge in [-0.3, -0.25) is 19.5 Å². The second-order valence-corrected chi connectivity index (χ2v) is 7.54. The predicted octanol–water partition coefficient (Wildman–Crippen LogP) is 2.05. The second kappa shape index (κ2) is 6.79. The Bertz CT molecular complexity index is 897. The number of fused-ring (bicyclic) bond motifs is 3. The summed E-state index contributed by atoms with van der Waals surface area (Å²) in [5.41, 5.74) is 2.77. The zero-order valence-electron chi connectivity index (χ0n) is 16.0. The van der Waals surface area contributed by atoms with Crippen molar-refractivity contribution >= 4 is 35.2 Å². The van der Waals surface area contributed by atoms with Gasteiger partial charge in [0.05, 0.1) is 0 Å². The molecule has 0 saturated carbocycles. The Morgan fingerprint density at radius 2 is 1.82 bits per heavy atom. The van der Waals surface area contributed by atoms with Gasteiger partial charge in [-0.05, 0) is 44.5 Å². The molecule has 1 aromatic carbocycles. The molecule has 8 nitrogen and oxygen atoms in total. The number of aliphatic hydroxyl groups excluding tert-OH is 1. The number of carbonyl (C=O) groups excluding carboxylic acids is 2. The SMILES string of the molecule is CC1=C(C)N2C(=NC3C2C(=O)N(CCCO)C(=O)N3C)N1c1ccc(Cl)cc1. The minimum absolute atomic E-state index is 0.0806. The topological polar surface area (TPSA) is 79.7 Å². The quantitative estimate of drug-likeness (QED) is 0.832. The van der Waals surface area contributed by atoms with Crippen LogP contribution < -0.4 is 4.90 Å². The zero-order chi connectivity index (χ0) is 20.2. The van der Waals surface area contributed by atoms with E-state index in [1.807, 2.05) is 47.9 Å². The summed E-state index contributed by atoms with van der Waals surface area (Å²) in [5.74, 6) is 0.342. The van der Waals surface area contributed by atoms with Crippen LogP contribution in [0, 0.1) is 0 Å². The molecule has 2 atom stereocenters. The summed E-state index contributed by atoms with van der Waals surface area (Å²) in [7, 11) is 1.66. The number of allylic oxidation sites excluding steroid dienone is 2. The Hall–Kier alpha value is -2.58. The number of nitrogens with zero attached hydrogens (tertiary/aromatic N) is 5. The highest BCUT2D eigenvalue weighted by atomic mass is 35.5. The largest absolute Gasteiger partial charge is 0.396 e. The Morgan fingerprint density at radius 3 is 2.46 bits per heavy atom. The lowest BCUT2D eigenvalue weighted by Crippen LogP contribution is -2.64. The van der Waals surface area contributed by atoms with E-state index in [9.17, 15) is 9.59 Å². The lowest BCUT2D eigenvalue weighted by molar-refractivity contribution is -0.136. The van der Waals surface area contributed by atoms with Crippen molar-refractivity contribution in [2.45, 2.75) is 32.5 Å². The van der Waals surface area contributed by atoms with Gasteiger partial charge in [0.15, 0.2) is 12.2 Å². The summed E-state index contributed by atoms with van der Waals surface area (Å²) in [4.78, 5) is 37.2. The van der Waals surface area contributed by atoms with Crippen molar-refractivity contribution in [2.75, 3.05) is 25.1 Å². The van der Waals surface area contributed by atoms with Crippen LogP contribution in [0.5, 0.6) is 0 Å². The first-order chi connectivity index (χ1) is 13.4. The molecule has 4 rings (SSSR count). The highest BCUT2D eigenvalue weighted by Crippen LogP contribution is 2.40. The number of hydrogen-bond acceptors (Lipinski definition) is 6. The summed E-state index contributed by atoms with van der Waals surface area (Å²) in [6.07, 6.45) is -0.237. The van der Waals surface area contributed by atoms with E-state index in [0.29, 0.717) is 17.4 Å². The number of aliphatic imine (C=N–C) groups is 1. The van der Waals surface area contributed by atoms with Crippen LogP contribution in [0.3, 0.4) is 0 Å². The van der Waals surface area contributed by atoms with E-state index in [1.54, 1.807) is 7.05 Å². The smallest absolute Gasteiger partial charge is 0.328 e. The van der Waals surface area contributed by atoms with Crippen molar-refractivity contribution in [2.24, 2.45) is 4.99 Å². The molecule has 3 aliphatic heterocycles. The van der Waals surface area contributed by atoms with Gasteiger partial charge in [0.25, 0.3) is 5.91 Å². The van der Waals surface area contributed by atoms with Crippen LogP contribution in [0.4, 0.5) is 10.5 Å². The van der Waals surface area contributed by atoms with Crippen LogP contribution >= 0.6 is 11.6 Å². The number of halogens is 1. The molecular formula is C19H22ClN5O3. The Morgan fingerprint density at radius 1 is 1.14 bits per heavy atom. The van der Waals surface area contributed by atoms with Gasteiger partial charge in [-0.2, -0.15) is 0 Å². The third-order valence-electron chi connectivity index (χ3n) is 5.52. The van der Waals surface area contributed by atoms with E-state index in [-0.39, 0.29) is 25.1 Å². The van der Waals surface area contributed by atoms with E-state index in [0.717, 1.165) is 17.1 Å². The van der Waals surface area contributed by atoms with Crippen molar-refractivity contribution in [1.82, 2.24) is 14.7 Å². The molecule has 3 heterocycles. The molecule has 1 N–H and O–H groups in total. The highest BCUT2D eigenvalue weighted by molar-refractivity contribution is 6.30. The monoisotopic (exact) mass is 403 g/mol. The Kier molecular flexibility index (Phi) is 4.55. The Balaban J connectivity index is 1.73. The number of aliphatic hydroxyl groups is 1. The lowest BCUT2D eigenvalue weighted by atomic mass is 10.1. The number of benzene rings is 1. The molecule has 28 heavy (non-hydrogen) atoms. The first-order valence-electron chi connectivity index (χ1n) is 9.16. The molecule has 0 aromatic heterocycles. The third kappa shape index (κ3) is 2.59. The van der Waals surface area contributed by atoms with E-state index < -0.39 is 12.2 Å². The standard InChI is InChI=1S/C19H22ClN5O3/c1-11-12(2)25-15-16(22(3)19(28)23(17(15)27)9-4-10-26)21-18(25)24(11)14-7-5-13(20)6-8-14/h5-8,15-16,26H,4,9-10H2,1-3H3. The van der Waals surface area contributed by atoms with Crippen molar-refractivity contribution in [3.05, 3.63) is 40.7 Å². The van der Waals surface area contributed by atoms with Crippen LogP contribution in [0.2, 0.25) is 5.02 Å². The molecule has 1 saturated heterocycles. The molecule has 1 aromatic rings. The summed E-state index contributed by atoms with van der Waals surface area (Å²) in [6, 6.07) is 6.42. The maximum atomic E-state index is 13.2. The molecule has 0 radical (unpaired) electrons. The fraction of sp³-hybridized carbons (Fsp3) is 0.421. The van der Waals surface area contributed by atoms with Gasteiger partial charge in [-0.1, -0.05) is 11.6 Å². The number of carbonyl (C=O) groups is 2. The first kappa shape index (κ1) is 18.8. The molecule has 1 fully saturated rings.